The Kier molecular flexibility index (Phi) is 5.30. The quantitative estimate of drug-likeness (QED) is 0.743. The molecule has 1 aliphatic heterocycles. The number of likely N-dealkylation sites (N-methyl/N-ethyl adjacent to an activating group) is 1. The SMILES string of the molecule is CNC1CCCCCC1N1CCCCCC1C. The van der Waals surface area contributed by atoms with Crippen molar-refractivity contribution in [1.29, 1.82) is 0 Å². The van der Waals surface area contributed by atoms with Gasteiger partial charge < -0.3 is 5.32 Å². The standard InChI is InChI=1S/C15H30N2/c1-13-9-5-4-8-12-17(13)15-11-7-3-6-10-14(15)16-2/h13-16H,3-12H2,1-2H3. The molecule has 0 aromatic carbocycles. The lowest BCUT2D eigenvalue weighted by Crippen LogP contribution is -2.51. The van der Waals surface area contributed by atoms with Crippen molar-refractivity contribution in [2.75, 3.05) is 13.6 Å². The number of hydrogen-bond donors (Lipinski definition) is 1. The third-order valence-electron chi connectivity index (χ3n) is 4.88. The zero-order valence-electron chi connectivity index (χ0n) is 11.8. The molecule has 17 heavy (non-hydrogen) atoms. The van der Waals surface area contributed by atoms with Crippen molar-refractivity contribution >= 4 is 0 Å². The van der Waals surface area contributed by atoms with E-state index in [1.165, 1.54) is 64.3 Å². The van der Waals surface area contributed by atoms with Crippen LogP contribution in [0.1, 0.15) is 64.7 Å². The molecule has 2 fully saturated rings. The van der Waals surface area contributed by atoms with Gasteiger partial charge >= 0.3 is 0 Å². The molecule has 1 N–H and O–H groups in total. The Morgan fingerprint density at radius 1 is 0.882 bits per heavy atom. The van der Waals surface area contributed by atoms with Crippen molar-refractivity contribution in [3.05, 3.63) is 0 Å². The van der Waals surface area contributed by atoms with E-state index in [9.17, 15) is 0 Å². The van der Waals surface area contributed by atoms with Crippen molar-refractivity contribution in [2.24, 2.45) is 0 Å². The molecule has 2 nitrogen and oxygen atoms in total. The molecule has 100 valence electrons. The summed E-state index contributed by atoms with van der Waals surface area (Å²) in [4.78, 5) is 2.83. The minimum absolute atomic E-state index is 0.734. The Bertz CT molecular complexity index is 217. The van der Waals surface area contributed by atoms with E-state index in [-0.39, 0.29) is 0 Å². The number of rotatable bonds is 2. The largest absolute Gasteiger partial charge is 0.315 e. The molecule has 0 bridgehead atoms. The zero-order chi connectivity index (χ0) is 12.1. The molecule has 3 unspecified atom stereocenters. The highest BCUT2D eigenvalue weighted by molar-refractivity contribution is 4.89. The molecular formula is C15H30N2. The molecule has 0 spiro atoms. The molecule has 0 aromatic rings. The van der Waals surface area contributed by atoms with E-state index in [0.29, 0.717) is 0 Å². The van der Waals surface area contributed by atoms with E-state index in [0.717, 1.165) is 18.1 Å². The first-order chi connectivity index (χ1) is 8.33. The number of nitrogens with zero attached hydrogens (tertiary/aromatic N) is 1. The highest BCUT2D eigenvalue weighted by atomic mass is 15.2. The van der Waals surface area contributed by atoms with Gasteiger partial charge in [-0.25, -0.2) is 0 Å². The second kappa shape index (κ2) is 6.75. The molecule has 1 saturated carbocycles. The van der Waals surface area contributed by atoms with Crippen LogP contribution >= 0.6 is 0 Å². The Hall–Kier alpha value is -0.0800. The van der Waals surface area contributed by atoms with Crippen molar-refractivity contribution < 1.29 is 0 Å². The van der Waals surface area contributed by atoms with Crippen LogP contribution < -0.4 is 5.32 Å². The number of likely N-dealkylation sites (tertiary alicyclic amines) is 1. The van der Waals surface area contributed by atoms with Gasteiger partial charge in [-0.15, -0.1) is 0 Å². The summed E-state index contributed by atoms with van der Waals surface area (Å²) in [6.45, 7) is 3.78. The lowest BCUT2D eigenvalue weighted by Gasteiger charge is -2.39. The normalized spacial score (nSPS) is 37.4. The smallest absolute Gasteiger partial charge is 0.0252 e. The average molecular weight is 238 g/mol. The van der Waals surface area contributed by atoms with Crippen LogP contribution in [0.2, 0.25) is 0 Å². The monoisotopic (exact) mass is 238 g/mol. The van der Waals surface area contributed by atoms with Gasteiger partial charge in [-0.1, -0.05) is 32.1 Å². The van der Waals surface area contributed by atoms with Gasteiger partial charge in [0.1, 0.15) is 0 Å². The fraction of sp³-hybridized carbons (Fsp3) is 1.00. The molecule has 1 saturated heterocycles. The van der Waals surface area contributed by atoms with Crippen molar-refractivity contribution in [3.63, 3.8) is 0 Å². The van der Waals surface area contributed by atoms with Crippen LogP contribution in [0.3, 0.4) is 0 Å². The summed E-state index contributed by atoms with van der Waals surface area (Å²) in [5, 5.41) is 3.59. The van der Waals surface area contributed by atoms with Gasteiger partial charge in [0.05, 0.1) is 0 Å². The number of hydrogen-bond acceptors (Lipinski definition) is 2. The van der Waals surface area contributed by atoms with E-state index >= 15 is 0 Å². The molecule has 1 heterocycles. The average Bonchev–Trinajstić information content (AvgIpc) is 2.68. The first-order valence-electron chi connectivity index (χ1n) is 7.76. The predicted molar refractivity (Wildman–Crippen MR) is 74.4 cm³/mol. The van der Waals surface area contributed by atoms with Crippen LogP contribution in [0.15, 0.2) is 0 Å². The molecule has 0 aromatic heterocycles. The lowest BCUT2D eigenvalue weighted by atomic mass is 9.99. The van der Waals surface area contributed by atoms with Crippen LogP contribution in [0.4, 0.5) is 0 Å². The fourth-order valence-electron chi connectivity index (χ4n) is 3.81. The summed E-state index contributed by atoms with van der Waals surface area (Å²) in [5.74, 6) is 0. The molecular weight excluding hydrogens is 208 g/mol. The van der Waals surface area contributed by atoms with E-state index in [2.05, 4.69) is 24.2 Å². The maximum absolute atomic E-state index is 3.59. The molecule has 1 aliphatic carbocycles. The van der Waals surface area contributed by atoms with Crippen LogP contribution in [0, 0.1) is 0 Å². The molecule has 2 heteroatoms. The maximum Gasteiger partial charge on any atom is 0.0252 e. The van der Waals surface area contributed by atoms with Gasteiger partial charge in [-0.3, -0.25) is 4.90 Å². The minimum Gasteiger partial charge on any atom is -0.315 e. The Morgan fingerprint density at radius 3 is 2.41 bits per heavy atom. The second-order valence-electron chi connectivity index (χ2n) is 6.04. The van der Waals surface area contributed by atoms with Gasteiger partial charge in [0, 0.05) is 18.1 Å². The Labute approximate surface area is 107 Å². The van der Waals surface area contributed by atoms with Crippen molar-refractivity contribution in [1.82, 2.24) is 10.2 Å². The molecule has 2 aliphatic rings. The number of nitrogens with one attached hydrogen (secondary N) is 1. The summed E-state index contributed by atoms with van der Waals surface area (Å²) in [7, 11) is 2.16. The Balaban J connectivity index is 2.04. The fourth-order valence-corrected chi connectivity index (χ4v) is 3.81. The van der Waals surface area contributed by atoms with Gasteiger partial charge in [0.15, 0.2) is 0 Å². The van der Waals surface area contributed by atoms with E-state index < -0.39 is 0 Å². The van der Waals surface area contributed by atoms with E-state index in [1.54, 1.807) is 0 Å². The first kappa shape index (κ1) is 13.4. The van der Waals surface area contributed by atoms with Gasteiger partial charge in [-0.05, 0) is 46.2 Å². The molecule has 2 rings (SSSR count). The summed E-state index contributed by atoms with van der Waals surface area (Å²) >= 11 is 0. The predicted octanol–water partition coefficient (Wildman–Crippen LogP) is 3.17. The summed E-state index contributed by atoms with van der Waals surface area (Å²) < 4.78 is 0. The van der Waals surface area contributed by atoms with Crippen LogP contribution in [-0.4, -0.2) is 36.6 Å². The third-order valence-corrected chi connectivity index (χ3v) is 4.88. The van der Waals surface area contributed by atoms with Crippen LogP contribution in [0.25, 0.3) is 0 Å². The van der Waals surface area contributed by atoms with Gasteiger partial charge in [0.2, 0.25) is 0 Å². The lowest BCUT2D eigenvalue weighted by molar-refractivity contribution is 0.111. The minimum atomic E-state index is 0.734. The van der Waals surface area contributed by atoms with Gasteiger partial charge in [0.25, 0.3) is 0 Å². The third kappa shape index (κ3) is 3.45. The van der Waals surface area contributed by atoms with Crippen LogP contribution in [-0.2, 0) is 0 Å². The van der Waals surface area contributed by atoms with E-state index in [4.69, 9.17) is 0 Å². The summed E-state index contributed by atoms with van der Waals surface area (Å²) in [6, 6.07) is 2.34. The molecule has 3 atom stereocenters. The maximum atomic E-state index is 3.59. The zero-order valence-corrected chi connectivity index (χ0v) is 11.8. The summed E-state index contributed by atoms with van der Waals surface area (Å²) in [6.07, 6.45) is 12.8. The van der Waals surface area contributed by atoms with E-state index in [1.807, 2.05) is 0 Å². The topological polar surface area (TPSA) is 15.3 Å². The second-order valence-corrected chi connectivity index (χ2v) is 6.04. The highest BCUT2D eigenvalue weighted by Crippen LogP contribution is 2.27. The summed E-state index contributed by atoms with van der Waals surface area (Å²) in [5.41, 5.74) is 0. The van der Waals surface area contributed by atoms with Crippen molar-refractivity contribution in [3.8, 4) is 0 Å². The van der Waals surface area contributed by atoms with Crippen molar-refractivity contribution in [2.45, 2.75) is 82.8 Å². The van der Waals surface area contributed by atoms with Gasteiger partial charge in [-0.2, -0.15) is 0 Å². The molecule has 0 radical (unpaired) electrons. The highest BCUT2D eigenvalue weighted by Gasteiger charge is 2.31. The molecule has 0 amide bonds. The Morgan fingerprint density at radius 2 is 1.59 bits per heavy atom. The van der Waals surface area contributed by atoms with Crippen LogP contribution in [0.5, 0.6) is 0 Å². The first-order valence-corrected chi connectivity index (χ1v) is 7.76.